The Kier molecular flexibility index (Phi) is 4.95. The first-order valence-corrected chi connectivity index (χ1v) is 5.38. The van der Waals surface area contributed by atoms with E-state index in [4.69, 9.17) is 27.4 Å². The number of rotatable bonds is 2. The Morgan fingerprint density at radius 1 is 0.714 bits per heavy atom. The number of aromatic carboxylic acids is 2. The topological polar surface area (TPSA) is 191 Å². The van der Waals surface area contributed by atoms with Crippen molar-refractivity contribution in [3.63, 3.8) is 0 Å². The summed E-state index contributed by atoms with van der Waals surface area (Å²) in [6.45, 7) is 0. The van der Waals surface area contributed by atoms with Crippen LogP contribution in [-0.4, -0.2) is 37.1 Å². The van der Waals surface area contributed by atoms with Gasteiger partial charge in [0, 0.05) is 0 Å². The number of nitrogen functional groups attached to an aromatic ring is 3. The summed E-state index contributed by atoms with van der Waals surface area (Å²) in [6.07, 6.45) is 0. The summed E-state index contributed by atoms with van der Waals surface area (Å²) in [6, 6.07) is 5.02. The van der Waals surface area contributed by atoms with Crippen molar-refractivity contribution < 1.29 is 19.8 Å². The van der Waals surface area contributed by atoms with Crippen LogP contribution in [0.3, 0.4) is 0 Å². The third-order valence-electron chi connectivity index (χ3n) is 2.07. The smallest absolute Gasteiger partial charge is 0.335 e. The zero-order valence-corrected chi connectivity index (χ0v) is 10.6. The van der Waals surface area contributed by atoms with Crippen LogP contribution in [0.1, 0.15) is 20.7 Å². The second kappa shape index (κ2) is 6.65. The number of nitrogens with two attached hydrogens (primary N) is 3. The molecule has 0 aliphatic rings. The normalized spacial score (nSPS) is 9.33. The first kappa shape index (κ1) is 15.6. The number of anilines is 3. The van der Waals surface area contributed by atoms with E-state index in [2.05, 4.69) is 15.0 Å². The second-order valence-corrected chi connectivity index (χ2v) is 3.60. The monoisotopic (exact) mass is 292 g/mol. The van der Waals surface area contributed by atoms with E-state index >= 15 is 0 Å². The molecule has 0 saturated carbocycles. The number of hydrogen-bond acceptors (Lipinski definition) is 8. The average molecular weight is 292 g/mol. The molecule has 2 aromatic rings. The molecule has 1 aromatic heterocycles. The molecule has 0 bridgehead atoms. The standard InChI is InChI=1S/C8H6O4.C3H6N6/c9-7(10)5-1-2-6(4-3-5)8(11)12;4-1-7-2(5)9-3(6)8-1/h1-4H,(H,9,10)(H,11,12);(H6,4,5,6,7,8,9). The largest absolute Gasteiger partial charge is 0.478 e. The van der Waals surface area contributed by atoms with Crippen molar-refractivity contribution in [2.24, 2.45) is 0 Å². The Hall–Kier alpha value is -3.43. The van der Waals surface area contributed by atoms with Crippen molar-refractivity contribution in [3.8, 4) is 0 Å². The van der Waals surface area contributed by atoms with Crippen LogP contribution in [0.25, 0.3) is 0 Å². The minimum Gasteiger partial charge on any atom is -0.478 e. The van der Waals surface area contributed by atoms with E-state index in [1.54, 1.807) is 0 Å². The molecule has 0 radical (unpaired) electrons. The van der Waals surface area contributed by atoms with E-state index in [9.17, 15) is 9.59 Å². The van der Waals surface area contributed by atoms with Crippen LogP contribution in [0.5, 0.6) is 0 Å². The van der Waals surface area contributed by atoms with Gasteiger partial charge in [0.15, 0.2) is 0 Å². The van der Waals surface area contributed by atoms with E-state index in [-0.39, 0.29) is 29.0 Å². The molecule has 110 valence electrons. The number of carboxylic acid groups (broad SMARTS) is 2. The van der Waals surface area contributed by atoms with E-state index in [0.717, 1.165) is 0 Å². The molecule has 0 fully saturated rings. The summed E-state index contributed by atoms with van der Waals surface area (Å²) in [4.78, 5) is 31.1. The number of benzene rings is 1. The Morgan fingerprint density at radius 3 is 1.14 bits per heavy atom. The number of nitrogens with zero attached hydrogens (tertiary/aromatic N) is 3. The van der Waals surface area contributed by atoms with Gasteiger partial charge in [-0.05, 0) is 24.3 Å². The van der Waals surface area contributed by atoms with Crippen LogP contribution in [0.4, 0.5) is 17.8 Å². The summed E-state index contributed by atoms with van der Waals surface area (Å²) in [7, 11) is 0. The first-order valence-electron chi connectivity index (χ1n) is 5.38. The van der Waals surface area contributed by atoms with Crippen LogP contribution < -0.4 is 17.2 Å². The molecule has 0 aliphatic heterocycles. The Bertz CT molecular complexity index is 575. The minimum absolute atomic E-state index is 0.0417. The zero-order chi connectivity index (χ0) is 16.0. The molecule has 0 spiro atoms. The van der Waals surface area contributed by atoms with Crippen molar-refractivity contribution in [3.05, 3.63) is 35.4 Å². The molecule has 21 heavy (non-hydrogen) atoms. The van der Waals surface area contributed by atoms with Crippen molar-refractivity contribution >= 4 is 29.8 Å². The molecular formula is C11H12N6O4. The zero-order valence-electron chi connectivity index (χ0n) is 10.6. The average Bonchev–Trinajstić information content (AvgIpc) is 2.37. The molecule has 0 unspecified atom stereocenters. The van der Waals surface area contributed by atoms with Crippen LogP contribution in [0.2, 0.25) is 0 Å². The fraction of sp³-hybridized carbons (Fsp3) is 0. The van der Waals surface area contributed by atoms with Gasteiger partial charge < -0.3 is 27.4 Å². The van der Waals surface area contributed by atoms with Gasteiger partial charge in [-0.3, -0.25) is 0 Å². The molecule has 10 heteroatoms. The maximum absolute atomic E-state index is 10.3. The van der Waals surface area contributed by atoms with Crippen molar-refractivity contribution in [1.82, 2.24) is 15.0 Å². The Labute approximate surface area is 118 Å². The fourth-order valence-corrected chi connectivity index (χ4v) is 1.18. The van der Waals surface area contributed by atoms with Crippen LogP contribution in [0.15, 0.2) is 24.3 Å². The lowest BCUT2D eigenvalue weighted by Gasteiger charge is -1.94. The molecule has 10 nitrogen and oxygen atoms in total. The highest BCUT2D eigenvalue weighted by molar-refractivity contribution is 5.91. The van der Waals surface area contributed by atoms with E-state index < -0.39 is 11.9 Å². The molecule has 2 rings (SSSR count). The molecule has 0 aliphatic carbocycles. The second-order valence-electron chi connectivity index (χ2n) is 3.60. The number of hydrogen-bond donors (Lipinski definition) is 5. The number of aromatic nitrogens is 3. The number of carboxylic acids is 2. The molecular weight excluding hydrogens is 280 g/mol. The van der Waals surface area contributed by atoms with Gasteiger partial charge in [-0.1, -0.05) is 0 Å². The maximum Gasteiger partial charge on any atom is 0.335 e. The summed E-state index contributed by atoms with van der Waals surface area (Å²) in [5, 5.41) is 16.9. The lowest BCUT2D eigenvalue weighted by atomic mass is 10.1. The highest BCUT2D eigenvalue weighted by atomic mass is 16.4. The van der Waals surface area contributed by atoms with Crippen molar-refractivity contribution in [1.29, 1.82) is 0 Å². The van der Waals surface area contributed by atoms with Gasteiger partial charge in [0.1, 0.15) is 0 Å². The van der Waals surface area contributed by atoms with E-state index in [1.165, 1.54) is 24.3 Å². The highest BCUT2D eigenvalue weighted by Crippen LogP contribution is 2.03. The lowest BCUT2D eigenvalue weighted by molar-refractivity contribution is 0.0681. The summed E-state index contributed by atoms with van der Waals surface area (Å²) in [5.74, 6) is -2.00. The predicted molar refractivity (Wildman–Crippen MR) is 73.4 cm³/mol. The number of carbonyl (C=O) groups is 2. The molecule has 1 aromatic carbocycles. The van der Waals surface area contributed by atoms with Crippen LogP contribution in [-0.2, 0) is 0 Å². The van der Waals surface area contributed by atoms with E-state index in [1.807, 2.05) is 0 Å². The molecule has 8 N–H and O–H groups in total. The third-order valence-corrected chi connectivity index (χ3v) is 2.07. The third kappa shape index (κ3) is 4.98. The van der Waals surface area contributed by atoms with E-state index in [0.29, 0.717) is 0 Å². The maximum atomic E-state index is 10.3. The Morgan fingerprint density at radius 2 is 0.952 bits per heavy atom. The van der Waals surface area contributed by atoms with Gasteiger partial charge in [-0.2, -0.15) is 15.0 Å². The quantitative estimate of drug-likeness (QED) is 0.490. The first-order chi connectivity index (χ1) is 9.79. The molecule has 0 amide bonds. The summed E-state index contributed by atoms with van der Waals surface area (Å²) < 4.78 is 0. The SMILES string of the molecule is Nc1nc(N)nc(N)n1.O=C(O)c1ccc(C(=O)O)cc1. The molecule has 1 heterocycles. The fourth-order valence-electron chi connectivity index (χ4n) is 1.18. The highest BCUT2D eigenvalue weighted by Gasteiger charge is 2.04. The van der Waals surface area contributed by atoms with Crippen molar-refractivity contribution in [2.75, 3.05) is 17.2 Å². The van der Waals surface area contributed by atoms with Gasteiger partial charge in [-0.15, -0.1) is 0 Å². The van der Waals surface area contributed by atoms with Gasteiger partial charge >= 0.3 is 11.9 Å². The lowest BCUT2D eigenvalue weighted by Crippen LogP contribution is -2.05. The van der Waals surface area contributed by atoms with Gasteiger partial charge in [0.25, 0.3) is 0 Å². The van der Waals surface area contributed by atoms with Crippen LogP contribution in [0, 0.1) is 0 Å². The molecule has 0 saturated heterocycles. The minimum atomic E-state index is -1.06. The Balaban J connectivity index is 0.000000219. The van der Waals surface area contributed by atoms with Gasteiger partial charge in [0.2, 0.25) is 17.8 Å². The summed E-state index contributed by atoms with van der Waals surface area (Å²) in [5.41, 5.74) is 15.6. The van der Waals surface area contributed by atoms with Crippen LogP contribution >= 0.6 is 0 Å². The predicted octanol–water partition coefficient (Wildman–Crippen LogP) is -0.299. The van der Waals surface area contributed by atoms with Gasteiger partial charge in [-0.25, -0.2) is 9.59 Å². The summed E-state index contributed by atoms with van der Waals surface area (Å²) >= 11 is 0. The molecule has 0 atom stereocenters. The van der Waals surface area contributed by atoms with Gasteiger partial charge in [0.05, 0.1) is 11.1 Å². The van der Waals surface area contributed by atoms with Crippen molar-refractivity contribution in [2.45, 2.75) is 0 Å².